The molecule has 0 radical (unpaired) electrons. The maximum absolute atomic E-state index is 13.0. The van der Waals surface area contributed by atoms with Crippen molar-refractivity contribution in [2.75, 3.05) is 13.2 Å². The lowest BCUT2D eigenvalue weighted by atomic mass is 9.99. The molecule has 1 amide bonds. The van der Waals surface area contributed by atoms with E-state index in [0.29, 0.717) is 19.3 Å². The molecular weight excluding hydrogens is 650 g/mol. The highest BCUT2D eigenvalue weighted by Crippen LogP contribution is 2.22. The number of rotatable bonds is 31. The van der Waals surface area contributed by atoms with Gasteiger partial charge in [0.1, 0.15) is 30.5 Å². The van der Waals surface area contributed by atoms with Crippen molar-refractivity contribution >= 4 is 5.91 Å². The largest absolute Gasteiger partial charge is 0.394 e. The number of hydrogen-bond acceptors (Lipinski definition) is 9. The Kier molecular flexibility index (Phi) is 28.6. The standard InChI is InChI=1S/C41H75NO9/c1-4-6-8-10-12-13-14-15-16-18-20-24-29-35(45)40(49)42-33(31-50-41-39(48)38(47)37(46)36(30-43)51-41)34(44)28-25-21-23-27-32(3)26-22-19-17-11-9-7-5-2/h22,25-28,33-39,41,43-48H,4-21,23-24,29-31H2,1-3H3,(H,42,49). The maximum Gasteiger partial charge on any atom is 0.249 e. The molecule has 1 aliphatic heterocycles. The molecule has 8 atom stereocenters. The van der Waals surface area contributed by atoms with Crippen molar-refractivity contribution in [2.45, 2.75) is 205 Å². The van der Waals surface area contributed by atoms with E-state index in [4.69, 9.17) is 9.47 Å². The number of ether oxygens (including phenoxy) is 2. The number of allylic oxidation sites excluding steroid dienone is 5. The zero-order valence-electron chi connectivity index (χ0n) is 32.2. The smallest absolute Gasteiger partial charge is 0.249 e. The summed E-state index contributed by atoms with van der Waals surface area (Å²) >= 11 is 0. The van der Waals surface area contributed by atoms with E-state index in [2.05, 4.69) is 44.3 Å². The second-order valence-corrected chi connectivity index (χ2v) is 14.4. The van der Waals surface area contributed by atoms with E-state index in [0.717, 1.165) is 32.1 Å². The number of amides is 1. The Hall–Kier alpha value is -1.63. The van der Waals surface area contributed by atoms with Crippen LogP contribution >= 0.6 is 0 Å². The van der Waals surface area contributed by atoms with E-state index in [1.54, 1.807) is 6.08 Å². The van der Waals surface area contributed by atoms with Gasteiger partial charge in [-0.25, -0.2) is 0 Å². The van der Waals surface area contributed by atoms with Gasteiger partial charge in [-0.15, -0.1) is 0 Å². The molecule has 1 heterocycles. The van der Waals surface area contributed by atoms with Gasteiger partial charge in [0, 0.05) is 0 Å². The number of aliphatic hydroxyl groups is 6. The fourth-order valence-electron chi connectivity index (χ4n) is 6.20. The van der Waals surface area contributed by atoms with E-state index in [-0.39, 0.29) is 6.61 Å². The molecule has 8 unspecified atom stereocenters. The predicted octanol–water partition coefficient (Wildman–Crippen LogP) is 6.30. The first-order valence-electron chi connectivity index (χ1n) is 20.2. The van der Waals surface area contributed by atoms with Gasteiger partial charge in [0.15, 0.2) is 6.29 Å². The number of aliphatic hydroxyl groups excluding tert-OH is 6. The maximum atomic E-state index is 13.0. The summed E-state index contributed by atoms with van der Waals surface area (Å²) in [5.74, 6) is -0.636. The van der Waals surface area contributed by atoms with Crippen LogP contribution in [0.15, 0.2) is 36.0 Å². The molecule has 298 valence electrons. The van der Waals surface area contributed by atoms with Gasteiger partial charge >= 0.3 is 0 Å². The van der Waals surface area contributed by atoms with Crippen LogP contribution in [0.4, 0.5) is 0 Å². The first kappa shape index (κ1) is 47.4. The zero-order valence-corrected chi connectivity index (χ0v) is 32.2. The van der Waals surface area contributed by atoms with E-state index in [1.807, 2.05) is 6.08 Å². The Morgan fingerprint density at radius 1 is 0.745 bits per heavy atom. The normalized spacial score (nSPS) is 23.2. The fraction of sp³-hybridized carbons (Fsp3) is 0.829. The molecule has 1 fully saturated rings. The Morgan fingerprint density at radius 3 is 1.90 bits per heavy atom. The zero-order chi connectivity index (χ0) is 37.7. The summed E-state index contributed by atoms with van der Waals surface area (Å²) in [5, 5.41) is 64.4. The number of carbonyl (C=O) groups excluding carboxylic acids is 1. The topological polar surface area (TPSA) is 169 Å². The Bertz CT molecular complexity index is 940. The molecule has 10 heteroatoms. The minimum Gasteiger partial charge on any atom is -0.394 e. The Morgan fingerprint density at radius 2 is 1.31 bits per heavy atom. The van der Waals surface area contributed by atoms with E-state index >= 15 is 0 Å². The molecule has 0 aromatic rings. The molecule has 1 rings (SSSR count). The molecule has 0 aromatic heterocycles. The van der Waals surface area contributed by atoms with Crippen molar-refractivity contribution in [2.24, 2.45) is 0 Å². The summed E-state index contributed by atoms with van der Waals surface area (Å²) in [5.41, 5.74) is 1.18. The van der Waals surface area contributed by atoms with Crippen LogP contribution in [-0.4, -0.2) is 98.7 Å². The van der Waals surface area contributed by atoms with Crippen molar-refractivity contribution in [3.63, 3.8) is 0 Å². The van der Waals surface area contributed by atoms with Crippen LogP contribution in [0.3, 0.4) is 0 Å². The van der Waals surface area contributed by atoms with E-state index in [9.17, 15) is 35.4 Å². The molecule has 51 heavy (non-hydrogen) atoms. The van der Waals surface area contributed by atoms with Crippen molar-refractivity contribution < 1.29 is 44.9 Å². The Labute approximate surface area is 309 Å². The molecule has 1 saturated heterocycles. The van der Waals surface area contributed by atoms with Crippen LogP contribution in [0, 0.1) is 0 Å². The first-order chi connectivity index (χ1) is 24.7. The summed E-state index contributed by atoms with van der Waals surface area (Å²) < 4.78 is 11.1. The highest BCUT2D eigenvalue weighted by molar-refractivity contribution is 5.80. The van der Waals surface area contributed by atoms with Gasteiger partial charge in [0.25, 0.3) is 0 Å². The quantitative estimate of drug-likeness (QED) is 0.0246. The second-order valence-electron chi connectivity index (χ2n) is 14.4. The number of unbranched alkanes of at least 4 members (excludes halogenated alkanes) is 17. The monoisotopic (exact) mass is 726 g/mol. The number of carbonyl (C=O) groups is 1. The highest BCUT2D eigenvalue weighted by Gasteiger charge is 2.44. The van der Waals surface area contributed by atoms with Gasteiger partial charge in [0.2, 0.25) is 5.91 Å². The van der Waals surface area contributed by atoms with Gasteiger partial charge in [-0.1, -0.05) is 153 Å². The number of hydrogen-bond donors (Lipinski definition) is 7. The lowest BCUT2D eigenvalue weighted by molar-refractivity contribution is -0.302. The molecular formula is C41H75NO9. The minimum atomic E-state index is -1.62. The first-order valence-corrected chi connectivity index (χ1v) is 20.2. The molecule has 0 spiro atoms. The second kappa shape index (κ2) is 30.8. The van der Waals surface area contributed by atoms with Crippen LogP contribution in [0.5, 0.6) is 0 Å². The summed E-state index contributed by atoms with van der Waals surface area (Å²) in [6.45, 7) is 5.58. The SMILES string of the molecule is CCCCCCCC=CC(C)=CCCC=CC(O)C(COC1OC(CO)C(O)C(O)C1O)NC(=O)C(O)CCCCCCCCCCCCCC. The van der Waals surface area contributed by atoms with Gasteiger partial charge in [0.05, 0.1) is 25.4 Å². The minimum absolute atomic E-state index is 0.300. The fourth-order valence-corrected chi connectivity index (χ4v) is 6.20. The van der Waals surface area contributed by atoms with Crippen molar-refractivity contribution in [1.82, 2.24) is 5.32 Å². The average molecular weight is 726 g/mol. The molecule has 10 nitrogen and oxygen atoms in total. The van der Waals surface area contributed by atoms with Crippen LogP contribution in [0.25, 0.3) is 0 Å². The van der Waals surface area contributed by atoms with Crippen molar-refractivity contribution in [3.05, 3.63) is 36.0 Å². The average Bonchev–Trinajstić information content (AvgIpc) is 3.12. The predicted molar refractivity (Wildman–Crippen MR) is 204 cm³/mol. The molecule has 0 aromatic carbocycles. The van der Waals surface area contributed by atoms with Gasteiger partial charge < -0.3 is 45.4 Å². The van der Waals surface area contributed by atoms with E-state index < -0.39 is 61.5 Å². The molecule has 1 aliphatic rings. The molecule has 0 saturated carbocycles. The van der Waals surface area contributed by atoms with Crippen LogP contribution in [-0.2, 0) is 14.3 Å². The van der Waals surface area contributed by atoms with Crippen LogP contribution in [0.2, 0.25) is 0 Å². The van der Waals surface area contributed by atoms with E-state index in [1.165, 1.54) is 89.0 Å². The van der Waals surface area contributed by atoms with Crippen molar-refractivity contribution in [3.8, 4) is 0 Å². The summed E-state index contributed by atoms with van der Waals surface area (Å²) in [7, 11) is 0. The third kappa shape index (κ3) is 22.2. The van der Waals surface area contributed by atoms with Crippen molar-refractivity contribution in [1.29, 1.82) is 0 Å². The molecule has 0 aliphatic carbocycles. The van der Waals surface area contributed by atoms with Gasteiger partial charge in [-0.05, 0) is 39.0 Å². The lowest BCUT2D eigenvalue weighted by Crippen LogP contribution is -2.60. The van der Waals surface area contributed by atoms with Gasteiger partial charge in [-0.3, -0.25) is 4.79 Å². The Balaban J connectivity index is 2.62. The molecule has 0 bridgehead atoms. The molecule has 7 N–H and O–H groups in total. The third-order valence-electron chi connectivity index (χ3n) is 9.65. The highest BCUT2D eigenvalue weighted by atomic mass is 16.7. The number of nitrogens with one attached hydrogen (secondary N) is 1. The van der Waals surface area contributed by atoms with Crippen LogP contribution in [0.1, 0.15) is 156 Å². The third-order valence-corrected chi connectivity index (χ3v) is 9.65. The van der Waals surface area contributed by atoms with Crippen LogP contribution < -0.4 is 5.32 Å². The lowest BCUT2D eigenvalue weighted by Gasteiger charge is -2.40. The summed E-state index contributed by atoms with van der Waals surface area (Å²) in [4.78, 5) is 13.0. The summed E-state index contributed by atoms with van der Waals surface area (Å²) in [6.07, 6.45) is 23.4. The summed E-state index contributed by atoms with van der Waals surface area (Å²) in [6, 6.07) is -1.00. The van der Waals surface area contributed by atoms with Gasteiger partial charge in [-0.2, -0.15) is 0 Å².